The van der Waals surface area contributed by atoms with Crippen LogP contribution in [0, 0.1) is 0 Å². The zero-order chi connectivity index (χ0) is 18.4. The highest BCUT2D eigenvalue weighted by Crippen LogP contribution is 2.31. The molecule has 0 atom stereocenters. The van der Waals surface area contributed by atoms with Gasteiger partial charge in [-0.2, -0.15) is 0 Å². The summed E-state index contributed by atoms with van der Waals surface area (Å²) in [4.78, 5) is 23.4. The van der Waals surface area contributed by atoms with Crippen LogP contribution in [-0.4, -0.2) is 24.1 Å². The summed E-state index contributed by atoms with van der Waals surface area (Å²) in [6.07, 6.45) is 3.47. The minimum absolute atomic E-state index is 0.0804. The number of fused-ring (bicyclic) bond motifs is 1. The molecule has 0 radical (unpaired) electrons. The van der Waals surface area contributed by atoms with Gasteiger partial charge < -0.3 is 9.67 Å². The number of anilines is 1. The second-order valence-electron chi connectivity index (χ2n) is 5.86. The summed E-state index contributed by atoms with van der Waals surface area (Å²) in [5.41, 5.74) is 0.650. The fourth-order valence-corrected chi connectivity index (χ4v) is 4.89. The van der Waals surface area contributed by atoms with Crippen molar-refractivity contribution in [2.45, 2.75) is 24.2 Å². The Balaban J connectivity index is 2.13. The van der Waals surface area contributed by atoms with E-state index in [-0.39, 0.29) is 16.1 Å². The van der Waals surface area contributed by atoms with Gasteiger partial charge in [0.2, 0.25) is 0 Å². The number of carboxylic acid groups (broad SMARTS) is 1. The summed E-state index contributed by atoms with van der Waals surface area (Å²) in [7, 11) is -2.59. The molecule has 0 amide bonds. The number of benzene rings is 1. The summed E-state index contributed by atoms with van der Waals surface area (Å²) < 4.78 is 29.8. The van der Waals surface area contributed by atoms with E-state index in [1.807, 2.05) is 0 Å². The van der Waals surface area contributed by atoms with Gasteiger partial charge >= 0.3 is 5.97 Å². The number of hydrogen-bond acceptors (Lipinski definition) is 4. The number of aromatic nitrogens is 1. The molecular weight excluding hydrogens is 412 g/mol. The summed E-state index contributed by atoms with van der Waals surface area (Å²) in [6.45, 7) is 0. The molecule has 7 nitrogen and oxygen atoms in total. The van der Waals surface area contributed by atoms with E-state index in [0.29, 0.717) is 22.9 Å². The molecule has 2 N–H and O–H groups in total. The topological polar surface area (TPSA) is 105 Å². The van der Waals surface area contributed by atoms with Crippen LogP contribution in [0.4, 0.5) is 5.69 Å². The minimum Gasteiger partial charge on any atom is -0.478 e. The number of hydrogen-bond donors (Lipinski definition) is 2. The summed E-state index contributed by atoms with van der Waals surface area (Å²) in [5.74, 6) is -1.19. The van der Waals surface area contributed by atoms with Crippen molar-refractivity contribution in [1.29, 1.82) is 0 Å². The molecule has 3 rings (SSSR count). The van der Waals surface area contributed by atoms with Crippen molar-refractivity contribution < 1.29 is 18.3 Å². The number of carbonyl (C=O) groups is 1. The summed E-state index contributed by atoms with van der Waals surface area (Å²) >= 11 is 3.22. The molecule has 0 aliphatic heterocycles. The van der Waals surface area contributed by atoms with Crippen molar-refractivity contribution in [3.63, 3.8) is 0 Å². The quantitative estimate of drug-likeness (QED) is 0.778. The van der Waals surface area contributed by atoms with Gasteiger partial charge in [-0.05, 0) is 64.5 Å². The Morgan fingerprint density at radius 1 is 1.28 bits per heavy atom. The molecule has 1 heterocycles. The largest absolute Gasteiger partial charge is 0.478 e. The second kappa shape index (κ2) is 6.30. The Morgan fingerprint density at radius 3 is 2.68 bits per heavy atom. The number of pyridine rings is 1. The number of sulfonamides is 1. The fraction of sp³-hybridized carbons (Fsp3) is 0.250. The van der Waals surface area contributed by atoms with Crippen LogP contribution in [0.25, 0.3) is 0 Å². The molecule has 0 fully saturated rings. The normalized spacial score (nSPS) is 13.5. The van der Waals surface area contributed by atoms with Gasteiger partial charge in [0, 0.05) is 17.7 Å². The van der Waals surface area contributed by atoms with Gasteiger partial charge in [0.15, 0.2) is 0 Å². The van der Waals surface area contributed by atoms with Crippen LogP contribution in [0.3, 0.4) is 0 Å². The lowest BCUT2D eigenvalue weighted by Gasteiger charge is -2.13. The van der Waals surface area contributed by atoms with Gasteiger partial charge in [0.05, 0.1) is 10.5 Å². The predicted molar refractivity (Wildman–Crippen MR) is 95.6 cm³/mol. The zero-order valence-corrected chi connectivity index (χ0v) is 15.6. The van der Waals surface area contributed by atoms with Crippen LogP contribution in [0.5, 0.6) is 0 Å². The molecule has 1 aromatic carbocycles. The van der Waals surface area contributed by atoms with Crippen LogP contribution in [0.1, 0.15) is 27.9 Å². The lowest BCUT2D eigenvalue weighted by Crippen LogP contribution is -2.25. The Morgan fingerprint density at radius 2 is 2.00 bits per heavy atom. The van der Waals surface area contributed by atoms with E-state index in [1.165, 1.54) is 29.9 Å². The molecule has 0 unspecified atom stereocenters. The van der Waals surface area contributed by atoms with Crippen LogP contribution in [0.15, 0.2) is 38.6 Å². The molecule has 1 aliphatic carbocycles. The van der Waals surface area contributed by atoms with Gasteiger partial charge in [-0.3, -0.25) is 9.52 Å². The van der Waals surface area contributed by atoms with Gasteiger partial charge in [-0.1, -0.05) is 0 Å². The third kappa shape index (κ3) is 3.34. The highest BCUT2D eigenvalue weighted by molar-refractivity contribution is 9.10. The highest BCUT2D eigenvalue weighted by atomic mass is 79.9. The van der Waals surface area contributed by atoms with Gasteiger partial charge in [0.25, 0.3) is 15.6 Å². The van der Waals surface area contributed by atoms with Crippen LogP contribution in [0.2, 0.25) is 0 Å². The van der Waals surface area contributed by atoms with Gasteiger partial charge in [-0.15, -0.1) is 0 Å². The molecule has 25 heavy (non-hydrogen) atoms. The van der Waals surface area contributed by atoms with E-state index in [4.69, 9.17) is 0 Å². The molecular formula is C16H15BrN2O5S. The predicted octanol–water partition coefficient (Wildman–Crippen LogP) is 2.14. The lowest BCUT2D eigenvalue weighted by atomic mass is 10.1. The van der Waals surface area contributed by atoms with E-state index in [1.54, 1.807) is 0 Å². The number of nitrogens with one attached hydrogen (secondary N) is 1. The van der Waals surface area contributed by atoms with Crippen molar-refractivity contribution in [3.05, 3.63) is 55.9 Å². The lowest BCUT2D eigenvalue weighted by molar-refractivity contribution is 0.0696. The van der Waals surface area contributed by atoms with Crippen LogP contribution in [-0.2, 0) is 29.9 Å². The molecule has 132 valence electrons. The Labute approximate surface area is 152 Å². The molecule has 2 aromatic rings. The van der Waals surface area contributed by atoms with Crippen molar-refractivity contribution in [3.8, 4) is 0 Å². The van der Waals surface area contributed by atoms with Crippen molar-refractivity contribution in [1.82, 2.24) is 4.57 Å². The fourth-order valence-electron chi connectivity index (χ4n) is 2.97. The monoisotopic (exact) mass is 426 g/mol. The first-order chi connectivity index (χ1) is 11.7. The maximum atomic E-state index is 12.8. The Bertz CT molecular complexity index is 1040. The van der Waals surface area contributed by atoms with E-state index in [9.17, 15) is 23.1 Å². The molecule has 9 heteroatoms. The molecule has 1 aromatic heterocycles. The van der Waals surface area contributed by atoms with Gasteiger partial charge in [-0.25, -0.2) is 13.2 Å². The number of aryl methyl sites for hydroxylation is 2. The van der Waals surface area contributed by atoms with Crippen molar-refractivity contribution >= 4 is 37.6 Å². The molecule has 0 saturated carbocycles. The first-order valence-corrected chi connectivity index (χ1v) is 9.75. The second-order valence-corrected chi connectivity index (χ2v) is 8.43. The maximum absolute atomic E-state index is 12.8. The third-order valence-electron chi connectivity index (χ3n) is 4.11. The number of nitrogens with zero attached hydrogens (tertiary/aromatic N) is 1. The SMILES string of the molecule is Cn1cc(Br)cc(NS(=O)(=O)c2cc(C(=O)O)cc3c2CCC3)c1=O. The molecule has 0 spiro atoms. The standard InChI is InChI=1S/C16H15BrN2O5S/c1-19-8-11(17)7-13(15(19)20)18-25(23,24)14-6-10(16(21)22)5-9-3-2-4-12(9)14/h5-8,18H,2-4H2,1H3,(H,21,22). The number of rotatable bonds is 4. The molecule has 0 bridgehead atoms. The highest BCUT2D eigenvalue weighted by Gasteiger charge is 2.27. The average molecular weight is 427 g/mol. The van der Waals surface area contributed by atoms with E-state index < -0.39 is 21.6 Å². The molecule has 1 aliphatic rings. The van der Waals surface area contributed by atoms with E-state index >= 15 is 0 Å². The van der Waals surface area contributed by atoms with Crippen molar-refractivity contribution in [2.75, 3.05) is 4.72 Å². The van der Waals surface area contributed by atoms with Gasteiger partial charge in [0.1, 0.15) is 5.69 Å². The van der Waals surface area contributed by atoms with E-state index in [0.717, 1.165) is 18.1 Å². The van der Waals surface area contributed by atoms with Crippen LogP contribution < -0.4 is 10.3 Å². The zero-order valence-electron chi connectivity index (χ0n) is 13.2. The van der Waals surface area contributed by atoms with Crippen molar-refractivity contribution in [2.24, 2.45) is 7.05 Å². The van der Waals surface area contributed by atoms with E-state index in [2.05, 4.69) is 20.7 Å². The Hall–Kier alpha value is -2.13. The smallest absolute Gasteiger partial charge is 0.335 e. The summed E-state index contributed by atoms with van der Waals surface area (Å²) in [5, 5.41) is 9.24. The Kier molecular flexibility index (Phi) is 4.46. The molecule has 0 saturated heterocycles. The number of halogens is 1. The average Bonchev–Trinajstić information content (AvgIpc) is 2.99. The number of aromatic carboxylic acids is 1. The minimum atomic E-state index is -4.10. The maximum Gasteiger partial charge on any atom is 0.335 e. The van der Waals surface area contributed by atoms with Crippen LogP contribution >= 0.6 is 15.9 Å². The first-order valence-electron chi connectivity index (χ1n) is 7.47. The summed E-state index contributed by atoms with van der Waals surface area (Å²) in [6, 6.07) is 4.04. The number of carboxylic acids is 1. The third-order valence-corrected chi connectivity index (χ3v) is 5.97. The first kappa shape index (κ1) is 17.7.